The highest BCUT2D eigenvalue weighted by Crippen LogP contribution is 2.51. The molecule has 0 aromatic carbocycles. The van der Waals surface area contributed by atoms with Gasteiger partial charge in [0.15, 0.2) is 0 Å². The summed E-state index contributed by atoms with van der Waals surface area (Å²) in [5, 5.41) is 16.5. The standard InChI is InChI=1S/C29H53N3O.3ClH/c33-15-12-30-11-14-32-13-1-2-24(21-32)20-31-29(9-7-27-18-22-3-5-25(27)16-22)10-8-28-19-23-4-6-26(28)17-23;;;/h22-31,33H,1-21H2;3*1H. The van der Waals surface area contributed by atoms with Gasteiger partial charge in [-0.25, -0.2) is 0 Å². The number of nitrogens with zero attached hydrogens (tertiary/aromatic N) is 1. The molecule has 0 aromatic heterocycles. The van der Waals surface area contributed by atoms with Crippen molar-refractivity contribution in [2.45, 2.75) is 95.9 Å². The number of aliphatic hydroxyl groups excluding tert-OH is 1. The number of likely N-dealkylation sites (tertiary alicyclic amines) is 1. The highest BCUT2D eigenvalue weighted by molar-refractivity contribution is 5.86. The van der Waals surface area contributed by atoms with Crippen molar-refractivity contribution in [3.05, 3.63) is 0 Å². The molecule has 4 aliphatic carbocycles. The summed E-state index contributed by atoms with van der Waals surface area (Å²) in [5.41, 5.74) is 0. The predicted molar refractivity (Wildman–Crippen MR) is 159 cm³/mol. The Morgan fingerprint density at radius 2 is 1.42 bits per heavy atom. The van der Waals surface area contributed by atoms with Crippen molar-refractivity contribution in [2.75, 3.05) is 45.9 Å². The Morgan fingerprint density at radius 1 is 0.778 bits per heavy atom. The number of piperidine rings is 1. The van der Waals surface area contributed by atoms with Crippen LogP contribution >= 0.6 is 37.2 Å². The fourth-order valence-corrected chi connectivity index (χ4v) is 8.93. The number of hydrogen-bond acceptors (Lipinski definition) is 4. The first-order valence-electron chi connectivity index (χ1n) is 15.0. The van der Waals surface area contributed by atoms with Crippen molar-refractivity contribution >= 4 is 37.2 Å². The van der Waals surface area contributed by atoms with E-state index in [1.807, 2.05) is 0 Å². The van der Waals surface area contributed by atoms with Gasteiger partial charge in [-0.2, -0.15) is 0 Å². The molecule has 0 spiro atoms. The van der Waals surface area contributed by atoms with Gasteiger partial charge in [-0.1, -0.05) is 12.8 Å². The van der Waals surface area contributed by atoms with E-state index in [1.54, 1.807) is 51.4 Å². The fraction of sp³-hybridized carbons (Fsp3) is 1.00. The van der Waals surface area contributed by atoms with Crippen molar-refractivity contribution in [1.82, 2.24) is 15.5 Å². The molecule has 3 N–H and O–H groups in total. The van der Waals surface area contributed by atoms with Gasteiger partial charge in [0.05, 0.1) is 6.61 Å². The van der Waals surface area contributed by atoms with E-state index in [9.17, 15) is 0 Å². The monoisotopic (exact) mass is 567 g/mol. The molecule has 0 aromatic rings. The van der Waals surface area contributed by atoms with Gasteiger partial charge in [-0.05, 0) is 132 Å². The van der Waals surface area contributed by atoms with Crippen LogP contribution in [-0.4, -0.2) is 61.9 Å². The molecule has 214 valence electrons. The van der Waals surface area contributed by atoms with E-state index in [1.165, 1.54) is 58.2 Å². The SMILES string of the molecule is Cl.Cl.Cl.OCCNCCN1CCCC(CNC(CCC2CC3CCC2C3)CCC2CC3CCC2C3)C1. The second-order valence-electron chi connectivity index (χ2n) is 12.9. The molecule has 7 atom stereocenters. The number of hydrogen-bond donors (Lipinski definition) is 3. The molecule has 1 aliphatic heterocycles. The van der Waals surface area contributed by atoms with Gasteiger partial charge in [0.25, 0.3) is 0 Å². The average molecular weight is 569 g/mol. The van der Waals surface area contributed by atoms with E-state index in [0.29, 0.717) is 0 Å². The third-order valence-corrected chi connectivity index (χ3v) is 10.7. The second-order valence-corrected chi connectivity index (χ2v) is 12.9. The van der Waals surface area contributed by atoms with Crippen LogP contribution in [0.15, 0.2) is 0 Å². The molecule has 5 aliphatic rings. The predicted octanol–water partition coefficient (Wildman–Crippen LogP) is 5.94. The van der Waals surface area contributed by atoms with E-state index in [-0.39, 0.29) is 43.8 Å². The van der Waals surface area contributed by atoms with E-state index in [4.69, 9.17) is 5.11 Å². The largest absolute Gasteiger partial charge is 0.395 e. The van der Waals surface area contributed by atoms with Gasteiger partial charge in [0, 0.05) is 32.2 Å². The lowest BCUT2D eigenvalue weighted by Crippen LogP contribution is -2.44. The van der Waals surface area contributed by atoms with Crippen LogP contribution in [0.2, 0.25) is 0 Å². The van der Waals surface area contributed by atoms with Crippen LogP contribution in [0.25, 0.3) is 0 Å². The minimum absolute atomic E-state index is 0. The van der Waals surface area contributed by atoms with Crippen LogP contribution in [0.1, 0.15) is 89.9 Å². The minimum atomic E-state index is 0. The summed E-state index contributed by atoms with van der Waals surface area (Å²) >= 11 is 0. The quantitative estimate of drug-likeness (QED) is 0.227. The van der Waals surface area contributed by atoms with Gasteiger partial charge in [-0.15, -0.1) is 37.2 Å². The van der Waals surface area contributed by atoms with Crippen LogP contribution in [0.4, 0.5) is 0 Å². The topological polar surface area (TPSA) is 47.5 Å². The smallest absolute Gasteiger partial charge is 0.0555 e. The Morgan fingerprint density at radius 3 is 1.94 bits per heavy atom. The maximum absolute atomic E-state index is 8.97. The number of nitrogens with one attached hydrogen (secondary N) is 2. The van der Waals surface area contributed by atoms with Gasteiger partial charge in [0.1, 0.15) is 0 Å². The molecule has 5 rings (SSSR count). The van der Waals surface area contributed by atoms with Gasteiger partial charge in [-0.3, -0.25) is 0 Å². The van der Waals surface area contributed by atoms with Gasteiger partial charge in [0.2, 0.25) is 0 Å². The molecule has 7 heteroatoms. The lowest BCUT2D eigenvalue weighted by atomic mass is 9.82. The van der Waals surface area contributed by atoms with E-state index in [0.717, 1.165) is 67.1 Å². The Balaban J connectivity index is 0.00000152. The van der Waals surface area contributed by atoms with Crippen LogP contribution in [-0.2, 0) is 0 Å². The van der Waals surface area contributed by atoms with Crippen LogP contribution in [0, 0.1) is 41.4 Å². The number of rotatable bonds is 14. The highest BCUT2D eigenvalue weighted by atomic mass is 35.5. The molecule has 0 amide bonds. The van der Waals surface area contributed by atoms with Crippen LogP contribution in [0.5, 0.6) is 0 Å². The van der Waals surface area contributed by atoms with Crippen molar-refractivity contribution in [3.8, 4) is 0 Å². The Hall–Kier alpha value is 0.710. The fourth-order valence-electron chi connectivity index (χ4n) is 8.93. The minimum Gasteiger partial charge on any atom is -0.395 e. The first-order chi connectivity index (χ1) is 16.3. The Bertz CT molecular complexity index is 568. The molecule has 4 saturated carbocycles. The molecular formula is C29H56Cl3N3O. The lowest BCUT2D eigenvalue weighted by Gasteiger charge is -2.34. The summed E-state index contributed by atoms with van der Waals surface area (Å²) in [4.78, 5) is 2.65. The maximum atomic E-state index is 8.97. The van der Waals surface area contributed by atoms with E-state index >= 15 is 0 Å². The van der Waals surface area contributed by atoms with Gasteiger partial charge < -0.3 is 20.6 Å². The number of aliphatic hydroxyl groups is 1. The molecule has 1 heterocycles. The van der Waals surface area contributed by atoms with Crippen molar-refractivity contribution < 1.29 is 5.11 Å². The number of fused-ring (bicyclic) bond motifs is 4. The summed E-state index contributed by atoms with van der Waals surface area (Å²) in [6.07, 6.45) is 21.1. The van der Waals surface area contributed by atoms with Crippen molar-refractivity contribution in [2.24, 2.45) is 41.4 Å². The summed E-state index contributed by atoms with van der Waals surface area (Å²) in [7, 11) is 0. The summed E-state index contributed by atoms with van der Waals surface area (Å²) < 4.78 is 0. The maximum Gasteiger partial charge on any atom is 0.0555 e. The zero-order chi connectivity index (χ0) is 22.5. The number of halogens is 3. The van der Waals surface area contributed by atoms with Crippen LogP contribution in [0.3, 0.4) is 0 Å². The third kappa shape index (κ3) is 9.14. The summed E-state index contributed by atoms with van der Waals surface area (Å²) in [6, 6.07) is 0.768. The zero-order valence-corrected chi connectivity index (χ0v) is 25.0. The third-order valence-electron chi connectivity index (χ3n) is 10.7. The Labute approximate surface area is 240 Å². The van der Waals surface area contributed by atoms with Crippen LogP contribution < -0.4 is 10.6 Å². The van der Waals surface area contributed by atoms with E-state index in [2.05, 4.69) is 15.5 Å². The highest BCUT2D eigenvalue weighted by Gasteiger charge is 2.40. The molecule has 1 saturated heterocycles. The van der Waals surface area contributed by atoms with Gasteiger partial charge >= 0.3 is 0 Å². The zero-order valence-electron chi connectivity index (χ0n) is 22.6. The summed E-state index contributed by atoms with van der Waals surface area (Å²) in [5.74, 6) is 7.32. The molecule has 5 fully saturated rings. The van der Waals surface area contributed by atoms with Crippen molar-refractivity contribution in [1.29, 1.82) is 0 Å². The normalized spacial score (nSPS) is 35.8. The molecule has 4 nitrogen and oxygen atoms in total. The summed E-state index contributed by atoms with van der Waals surface area (Å²) in [6.45, 7) is 6.88. The first kappa shape index (κ1) is 32.9. The molecule has 4 bridgehead atoms. The first-order valence-corrected chi connectivity index (χ1v) is 15.0. The molecule has 0 radical (unpaired) electrons. The molecule has 36 heavy (non-hydrogen) atoms. The molecular weight excluding hydrogens is 513 g/mol. The Kier molecular flexibility index (Phi) is 15.3. The lowest BCUT2D eigenvalue weighted by molar-refractivity contribution is 0.166. The molecule has 7 unspecified atom stereocenters. The van der Waals surface area contributed by atoms with E-state index < -0.39 is 0 Å². The second kappa shape index (κ2) is 16.7. The van der Waals surface area contributed by atoms with Crippen molar-refractivity contribution in [3.63, 3.8) is 0 Å². The average Bonchev–Trinajstić information content (AvgIpc) is 3.64.